The molecule has 1 aromatic carbocycles. The van der Waals surface area contributed by atoms with Crippen molar-refractivity contribution in [1.82, 2.24) is 9.21 Å². The number of rotatable bonds is 4. The van der Waals surface area contributed by atoms with Crippen molar-refractivity contribution in [2.45, 2.75) is 18.2 Å². The molecule has 1 aromatic rings. The number of carbonyl (C=O) groups is 1. The lowest BCUT2D eigenvalue weighted by molar-refractivity contribution is -0.132. The second-order valence-corrected chi connectivity index (χ2v) is 6.70. The van der Waals surface area contributed by atoms with E-state index in [4.69, 9.17) is 4.74 Å². The van der Waals surface area contributed by atoms with E-state index in [1.807, 2.05) is 0 Å². The zero-order chi connectivity index (χ0) is 15.5. The van der Waals surface area contributed by atoms with Gasteiger partial charge in [-0.25, -0.2) is 8.42 Å². The fourth-order valence-corrected chi connectivity index (χ4v) is 3.95. The molecule has 1 heterocycles. The third kappa shape index (κ3) is 3.19. The quantitative estimate of drug-likeness (QED) is 0.830. The third-order valence-corrected chi connectivity index (χ3v) is 5.52. The maximum absolute atomic E-state index is 12.7. The van der Waals surface area contributed by atoms with Crippen LogP contribution in [0.15, 0.2) is 29.2 Å². The number of benzene rings is 1. The fraction of sp³-hybridized carbons (Fsp3) is 0.500. The Morgan fingerprint density at radius 2 is 1.81 bits per heavy atom. The largest absolute Gasteiger partial charge is 0.495 e. The smallest absolute Gasteiger partial charge is 0.246 e. The van der Waals surface area contributed by atoms with Crippen molar-refractivity contribution < 1.29 is 17.9 Å². The van der Waals surface area contributed by atoms with Gasteiger partial charge in [-0.3, -0.25) is 4.79 Å². The lowest BCUT2D eigenvalue weighted by Gasteiger charge is -2.34. The molecule has 0 radical (unpaired) electrons. The first-order valence-electron chi connectivity index (χ1n) is 6.91. The fourth-order valence-electron chi connectivity index (χ4n) is 2.37. The van der Waals surface area contributed by atoms with Crippen LogP contribution >= 0.6 is 0 Å². The van der Waals surface area contributed by atoms with E-state index >= 15 is 0 Å². The highest BCUT2D eigenvalue weighted by Gasteiger charge is 2.31. The summed E-state index contributed by atoms with van der Waals surface area (Å²) in [6.07, 6.45) is 0.444. The van der Waals surface area contributed by atoms with Gasteiger partial charge in [0.2, 0.25) is 15.9 Å². The van der Waals surface area contributed by atoms with E-state index in [9.17, 15) is 13.2 Å². The molecule has 0 aromatic heterocycles. The lowest BCUT2D eigenvalue weighted by atomic mass is 10.3. The van der Waals surface area contributed by atoms with Crippen molar-refractivity contribution >= 4 is 15.9 Å². The Bertz CT molecular complexity index is 607. The van der Waals surface area contributed by atoms with Gasteiger partial charge in [0.15, 0.2) is 0 Å². The van der Waals surface area contributed by atoms with Crippen LogP contribution in [0.1, 0.15) is 13.3 Å². The second kappa shape index (κ2) is 6.44. The standard InChI is InChI=1S/C14H20N2O4S/c1-3-14(17)15-8-10-16(11-9-15)21(18,19)13-7-5-4-6-12(13)20-2/h4-7H,3,8-11H2,1-2H3. The highest BCUT2D eigenvalue weighted by Crippen LogP contribution is 2.26. The molecule has 0 atom stereocenters. The summed E-state index contributed by atoms with van der Waals surface area (Å²) in [7, 11) is -2.14. The molecule has 0 bridgehead atoms. The SMILES string of the molecule is CCC(=O)N1CCN(S(=O)(=O)c2ccccc2OC)CC1. The van der Waals surface area contributed by atoms with E-state index in [2.05, 4.69) is 0 Å². The summed E-state index contributed by atoms with van der Waals surface area (Å²) in [6, 6.07) is 6.57. The number of para-hydroxylation sites is 1. The molecule has 6 nitrogen and oxygen atoms in total. The van der Waals surface area contributed by atoms with Gasteiger partial charge >= 0.3 is 0 Å². The summed E-state index contributed by atoms with van der Waals surface area (Å²) in [4.78, 5) is 13.5. The molecule has 2 rings (SSSR count). The normalized spacial score (nSPS) is 16.8. The van der Waals surface area contributed by atoms with Crippen molar-refractivity contribution in [2.75, 3.05) is 33.3 Å². The molecule has 0 spiro atoms. The number of amides is 1. The predicted molar refractivity (Wildman–Crippen MR) is 78.6 cm³/mol. The number of piperazine rings is 1. The first-order chi connectivity index (χ1) is 10.0. The molecule has 116 valence electrons. The molecular formula is C14H20N2O4S. The summed E-state index contributed by atoms with van der Waals surface area (Å²) in [5, 5.41) is 0. The molecule has 1 amide bonds. The van der Waals surface area contributed by atoms with Crippen LogP contribution in [-0.2, 0) is 14.8 Å². The highest BCUT2D eigenvalue weighted by atomic mass is 32.2. The van der Waals surface area contributed by atoms with Gasteiger partial charge in [0.05, 0.1) is 7.11 Å². The second-order valence-electron chi connectivity index (χ2n) is 4.79. The lowest BCUT2D eigenvalue weighted by Crippen LogP contribution is -2.50. The summed E-state index contributed by atoms with van der Waals surface area (Å²) >= 11 is 0. The molecule has 1 aliphatic heterocycles. The number of hydrogen-bond donors (Lipinski definition) is 0. The molecule has 1 saturated heterocycles. The Balaban J connectivity index is 2.17. The van der Waals surface area contributed by atoms with Gasteiger partial charge in [0.25, 0.3) is 0 Å². The molecular weight excluding hydrogens is 292 g/mol. The van der Waals surface area contributed by atoms with Gasteiger partial charge < -0.3 is 9.64 Å². The molecule has 0 saturated carbocycles. The van der Waals surface area contributed by atoms with Gasteiger partial charge in [-0.2, -0.15) is 4.31 Å². The van der Waals surface area contributed by atoms with Crippen LogP contribution in [0, 0.1) is 0 Å². The number of nitrogens with zero attached hydrogens (tertiary/aromatic N) is 2. The summed E-state index contributed by atoms with van der Waals surface area (Å²) in [6.45, 7) is 3.29. The van der Waals surface area contributed by atoms with Crippen LogP contribution in [0.25, 0.3) is 0 Å². The topological polar surface area (TPSA) is 66.9 Å². The van der Waals surface area contributed by atoms with Crippen LogP contribution in [-0.4, -0.2) is 56.8 Å². The van der Waals surface area contributed by atoms with Crippen molar-refractivity contribution in [3.8, 4) is 5.75 Å². The molecule has 0 N–H and O–H groups in total. The Kier molecular flexibility index (Phi) is 4.84. The van der Waals surface area contributed by atoms with E-state index in [1.54, 1.807) is 30.0 Å². The Hall–Kier alpha value is -1.60. The van der Waals surface area contributed by atoms with E-state index in [0.717, 1.165) is 0 Å². The average molecular weight is 312 g/mol. The predicted octanol–water partition coefficient (Wildman–Crippen LogP) is 0.938. The monoisotopic (exact) mass is 312 g/mol. The summed E-state index contributed by atoms with van der Waals surface area (Å²) in [5.41, 5.74) is 0. The van der Waals surface area contributed by atoms with Gasteiger partial charge in [-0.15, -0.1) is 0 Å². The van der Waals surface area contributed by atoms with Crippen LogP contribution in [0.4, 0.5) is 0 Å². The molecule has 1 fully saturated rings. The van der Waals surface area contributed by atoms with E-state index < -0.39 is 10.0 Å². The van der Waals surface area contributed by atoms with Crippen molar-refractivity contribution in [1.29, 1.82) is 0 Å². The Morgan fingerprint density at radius 1 is 1.19 bits per heavy atom. The maximum atomic E-state index is 12.7. The van der Waals surface area contributed by atoms with Crippen molar-refractivity contribution in [2.24, 2.45) is 0 Å². The minimum Gasteiger partial charge on any atom is -0.495 e. The molecule has 7 heteroatoms. The first-order valence-corrected chi connectivity index (χ1v) is 8.35. The van der Waals surface area contributed by atoms with Gasteiger partial charge in [-0.05, 0) is 12.1 Å². The number of ether oxygens (including phenoxy) is 1. The van der Waals surface area contributed by atoms with Crippen LogP contribution in [0.2, 0.25) is 0 Å². The summed E-state index contributed by atoms with van der Waals surface area (Å²) < 4.78 is 31.8. The van der Waals surface area contributed by atoms with E-state index in [-0.39, 0.29) is 10.8 Å². The van der Waals surface area contributed by atoms with Crippen LogP contribution in [0.5, 0.6) is 5.75 Å². The molecule has 0 unspecified atom stereocenters. The Morgan fingerprint density at radius 3 is 2.38 bits per heavy atom. The van der Waals surface area contributed by atoms with Crippen LogP contribution < -0.4 is 4.74 Å². The van der Waals surface area contributed by atoms with Crippen LogP contribution in [0.3, 0.4) is 0 Å². The number of methoxy groups -OCH3 is 1. The van der Waals surface area contributed by atoms with Gasteiger partial charge in [-0.1, -0.05) is 19.1 Å². The molecule has 21 heavy (non-hydrogen) atoms. The Labute approximate surface area is 125 Å². The van der Waals surface area contributed by atoms with Gasteiger partial charge in [0, 0.05) is 32.6 Å². The highest BCUT2D eigenvalue weighted by molar-refractivity contribution is 7.89. The number of sulfonamides is 1. The third-order valence-electron chi connectivity index (χ3n) is 3.58. The van der Waals surface area contributed by atoms with Gasteiger partial charge in [0.1, 0.15) is 10.6 Å². The maximum Gasteiger partial charge on any atom is 0.246 e. The van der Waals surface area contributed by atoms with E-state index in [0.29, 0.717) is 38.3 Å². The minimum absolute atomic E-state index is 0.0596. The number of carbonyl (C=O) groups excluding carboxylic acids is 1. The number of hydrogen-bond acceptors (Lipinski definition) is 4. The first kappa shape index (κ1) is 15.8. The summed E-state index contributed by atoms with van der Waals surface area (Å²) in [5.74, 6) is 0.397. The zero-order valence-electron chi connectivity index (χ0n) is 12.3. The van der Waals surface area contributed by atoms with Crippen molar-refractivity contribution in [3.63, 3.8) is 0 Å². The molecule has 1 aliphatic rings. The zero-order valence-corrected chi connectivity index (χ0v) is 13.1. The average Bonchev–Trinajstić information content (AvgIpc) is 2.54. The van der Waals surface area contributed by atoms with Crippen molar-refractivity contribution in [3.05, 3.63) is 24.3 Å². The van der Waals surface area contributed by atoms with E-state index in [1.165, 1.54) is 17.5 Å². The minimum atomic E-state index is -3.59. The molecule has 0 aliphatic carbocycles.